The van der Waals surface area contributed by atoms with Gasteiger partial charge in [-0.1, -0.05) is 13.0 Å². The summed E-state index contributed by atoms with van der Waals surface area (Å²) in [5.74, 6) is -0.705. The first kappa shape index (κ1) is 17.1. The van der Waals surface area contributed by atoms with E-state index in [4.69, 9.17) is 5.11 Å². The highest BCUT2D eigenvalue weighted by Crippen LogP contribution is 2.21. The molecule has 0 atom stereocenters. The van der Waals surface area contributed by atoms with Crippen molar-refractivity contribution in [1.82, 2.24) is 19.1 Å². The van der Waals surface area contributed by atoms with E-state index in [2.05, 4.69) is 10.1 Å². The second-order valence-electron chi connectivity index (χ2n) is 4.93. The van der Waals surface area contributed by atoms with E-state index in [-0.39, 0.29) is 11.4 Å². The molecule has 0 radical (unpaired) electrons. The number of carboxylic acids is 1. The molecule has 2 aromatic rings. The van der Waals surface area contributed by atoms with E-state index in [1.54, 1.807) is 38.2 Å². The predicted octanol–water partition coefficient (Wildman–Crippen LogP) is 1.06. The minimum atomic E-state index is -3.93. The Balaban J connectivity index is 2.44. The van der Waals surface area contributed by atoms with Crippen molar-refractivity contribution >= 4 is 16.0 Å². The molecule has 124 valence electrons. The second-order valence-corrected chi connectivity index (χ2v) is 6.83. The number of hydrogen-bond acceptors (Lipinski definition) is 5. The summed E-state index contributed by atoms with van der Waals surface area (Å²) in [5.41, 5.74) is 0.384. The smallest absolute Gasteiger partial charge is 0.318 e. The maximum Gasteiger partial charge on any atom is 0.318 e. The molecule has 1 N–H and O–H groups in total. The van der Waals surface area contributed by atoms with Gasteiger partial charge in [0, 0.05) is 12.7 Å². The number of nitrogens with zero attached hydrogens (tertiary/aromatic N) is 4. The fraction of sp³-hybridized carbons (Fsp3) is 0.357. The van der Waals surface area contributed by atoms with Crippen LogP contribution in [0.3, 0.4) is 0 Å². The molecule has 0 aromatic carbocycles. The second kappa shape index (κ2) is 6.88. The maximum atomic E-state index is 12.7. The van der Waals surface area contributed by atoms with Gasteiger partial charge in [-0.3, -0.25) is 4.79 Å². The average Bonchev–Trinajstić information content (AvgIpc) is 2.89. The van der Waals surface area contributed by atoms with E-state index in [1.807, 2.05) is 0 Å². The molecule has 0 amide bonds. The quantitative estimate of drug-likeness (QED) is 0.809. The van der Waals surface area contributed by atoms with Gasteiger partial charge in [0.1, 0.15) is 11.4 Å². The van der Waals surface area contributed by atoms with Gasteiger partial charge in [0.2, 0.25) is 10.0 Å². The van der Waals surface area contributed by atoms with Crippen LogP contribution >= 0.6 is 0 Å². The Labute approximate surface area is 134 Å². The zero-order chi connectivity index (χ0) is 17.0. The summed E-state index contributed by atoms with van der Waals surface area (Å²) in [5, 5.41) is 13.0. The first-order valence-electron chi connectivity index (χ1n) is 7.06. The summed E-state index contributed by atoms with van der Waals surface area (Å²) in [6, 6.07) is 5.22. The molecule has 8 nitrogen and oxygen atoms in total. The molecule has 2 aromatic heterocycles. The maximum absolute atomic E-state index is 12.7. The number of hydrogen-bond donors (Lipinski definition) is 1. The lowest BCUT2D eigenvalue weighted by molar-refractivity contribution is -0.137. The Morgan fingerprint density at radius 2 is 2.13 bits per heavy atom. The lowest BCUT2D eigenvalue weighted by Crippen LogP contribution is -2.36. The van der Waals surface area contributed by atoms with Crippen LogP contribution < -0.4 is 0 Å². The van der Waals surface area contributed by atoms with E-state index in [0.717, 1.165) is 4.31 Å². The van der Waals surface area contributed by atoms with Crippen molar-refractivity contribution in [3.63, 3.8) is 0 Å². The highest BCUT2D eigenvalue weighted by molar-refractivity contribution is 7.89. The van der Waals surface area contributed by atoms with E-state index < -0.39 is 22.5 Å². The molecule has 2 rings (SSSR count). The number of rotatable bonds is 7. The lowest BCUT2D eigenvalue weighted by Gasteiger charge is -2.19. The summed E-state index contributed by atoms with van der Waals surface area (Å²) >= 11 is 0. The normalized spacial score (nSPS) is 11.8. The lowest BCUT2D eigenvalue weighted by atomic mass is 10.4. The molecule has 0 bridgehead atoms. The molecule has 0 fully saturated rings. The minimum absolute atomic E-state index is 0.0159. The van der Waals surface area contributed by atoms with Crippen molar-refractivity contribution < 1.29 is 18.3 Å². The van der Waals surface area contributed by atoms with Gasteiger partial charge in [-0.05, 0) is 25.5 Å². The van der Waals surface area contributed by atoms with Gasteiger partial charge in [-0.2, -0.15) is 9.40 Å². The molecule has 23 heavy (non-hydrogen) atoms. The van der Waals surface area contributed by atoms with Crippen molar-refractivity contribution in [1.29, 1.82) is 0 Å². The predicted molar refractivity (Wildman–Crippen MR) is 82.8 cm³/mol. The number of pyridine rings is 1. The molecule has 0 aliphatic heterocycles. The Bertz CT molecular complexity index is 786. The topological polar surface area (TPSA) is 105 Å². The summed E-state index contributed by atoms with van der Waals surface area (Å²) < 4.78 is 27.8. The van der Waals surface area contributed by atoms with Crippen LogP contribution in [0.2, 0.25) is 0 Å². The zero-order valence-corrected chi connectivity index (χ0v) is 13.7. The summed E-state index contributed by atoms with van der Waals surface area (Å²) in [6.07, 6.45) is 3.32. The Morgan fingerprint density at radius 3 is 2.70 bits per heavy atom. The molecular weight excluding hydrogens is 320 g/mol. The van der Waals surface area contributed by atoms with Crippen LogP contribution in [-0.4, -0.2) is 51.7 Å². The number of carbonyl (C=O) groups is 1. The van der Waals surface area contributed by atoms with Crippen LogP contribution in [0.25, 0.3) is 5.82 Å². The van der Waals surface area contributed by atoms with Crippen molar-refractivity contribution in [2.75, 3.05) is 13.1 Å². The number of aliphatic carboxylic acids is 1. The van der Waals surface area contributed by atoms with Gasteiger partial charge < -0.3 is 5.11 Å². The van der Waals surface area contributed by atoms with Gasteiger partial charge in [-0.15, -0.1) is 0 Å². The van der Waals surface area contributed by atoms with E-state index in [9.17, 15) is 13.2 Å². The van der Waals surface area contributed by atoms with Crippen LogP contribution in [0.15, 0.2) is 35.5 Å². The highest BCUT2D eigenvalue weighted by Gasteiger charge is 2.29. The van der Waals surface area contributed by atoms with Crippen molar-refractivity contribution in [2.24, 2.45) is 0 Å². The summed E-state index contributed by atoms with van der Waals surface area (Å²) in [4.78, 5) is 15.1. The van der Waals surface area contributed by atoms with Gasteiger partial charge >= 0.3 is 5.97 Å². The molecule has 0 aliphatic carbocycles. The molecule has 0 unspecified atom stereocenters. The van der Waals surface area contributed by atoms with Gasteiger partial charge in [0.25, 0.3) is 0 Å². The first-order chi connectivity index (χ1) is 10.9. The zero-order valence-electron chi connectivity index (χ0n) is 12.9. The van der Waals surface area contributed by atoms with Crippen LogP contribution in [0.4, 0.5) is 0 Å². The molecule has 2 heterocycles. The largest absolute Gasteiger partial charge is 0.480 e. The molecule has 0 saturated heterocycles. The van der Waals surface area contributed by atoms with Crippen molar-refractivity contribution in [3.05, 3.63) is 36.3 Å². The van der Waals surface area contributed by atoms with Crippen molar-refractivity contribution in [3.8, 4) is 5.82 Å². The molecular formula is C14H18N4O4S. The monoisotopic (exact) mass is 338 g/mol. The fourth-order valence-corrected chi connectivity index (χ4v) is 3.80. The molecule has 9 heteroatoms. The first-order valence-corrected chi connectivity index (χ1v) is 8.50. The van der Waals surface area contributed by atoms with E-state index >= 15 is 0 Å². The Kier molecular flexibility index (Phi) is 5.12. The fourth-order valence-electron chi connectivity index (χ4n) is 2.18. The number of sulfonamides is 1. The van der Waals surface area contributed by atoms with Gasteiger partial charge in [0.15, 0.2) is 5.82 Å². The highest BCUT2D eigenvalue weighted by atomic mass is 32.2. The summed E-state index contributed by atoms with van der Waals surface area (Å²) in [7, 11) is -3.93. The number of aromatic nitrogens is 3. The average molecular weight is 338 g/mol. The molecule has 0 spiro atoms. The minimum Gasteiger partial charge on any atom is -0.480 e. The Hall–Kier alpha value is -2.26. The van der Waals surface area contributed by atoms with Crippen LogP contribution in [-0.2, 0) is 14.8 Å². The van der Waals surface area contributed by atoms with Crippen LogP contribution in [0.5, 0.6) is 0 Å². The van der Waals surface area contributed by atoms with Crippen LogP contribution in [0, 0.1) is 6.92 Å². The molecule has 0 aliphatic rings. The third kappa shape index (κ3) is 3.57. The van der Waals surface area contributed by atoms with Gasteiger partial charge in [-0.25, -0.2) is 18.1 Å². The van der Waals surface area contributed by atoms with E-state index in [0.29, 0.717) is 17.9 Å². The van der Waals surface area contributed by atoms with Crippen molar-refractivity contribution in [2.45, 2.75) is 25.2 Å². The summed E-state index contributed by atoms with van der Waals surface area (Å²) in [6.45, 7) is 2.95. The third-order valence-corrected chi connectivity index (χ3v) is 5.18. The third-order valence-electron chi connectivity index (χ3n) is 3.23. The van der Waals surface area contributed by atoms with E-state index in [1.165, 1.54) is 10.9 Å². The molecule has 0 saturated carbocycles. The Morgan fingerprint density at radius 1 is 1.39 bits per heavy atom. The SMILES string of the molecule is CCCN(CC(=O)O)S(=O)(=O)c1cnn(-c2ccccn2)c1C. The standard InChI is InChI=1S/C14H18N4O4S/c1-3-8-17(10-14(19)20)23(21,22)12-9-16-18(11(12)2)13-6-4-5-7-15-13/h4-7,9H,3,8,10H2,1-2H3,(H,19,20). The van der Waals surface area contributed by atoms with Crippen LogP contribution in [0.1, 0.15) is 19.0 Å². The number of carboxylic acid groups (broad SMARTS) is 1. The van der Waals surface area contributed by atoms with Gasteiger partial charge in [0.05, 0.1) is 11.9 Å².